The molecule has 7 nitrogen and oxygen atoms in total. The first-order valence-corrected chi connectivity index (χ1v) is 7.82. The molecule has 2 aromatic heterocycles. The third-order valence-electron chi connectivity index (χ3n) is 3.16. The van der Waals surface area contributed by atoms with Gasteiger partial charge in [-0.05, 0) is 18.2 Å². The van der Waals surface area contributed by atoms with Crippen molar-refractivity contribution in [2.24, 2.45) is 0 Å². The number of nitrogens with one attached hydrogen (secondary N) is 3. The summed E-state index contributed by atoms with van der Waals surface area (Å²) in [5.41, 5.74) is 0.592. The number of anilines is 2. The van der Waals surface area contributed by atoms with E-state index in [1.807, 2.05) is 0 Å². The summed E-state index contributed by atoms with van der Waals surface area (Å²) in [5, 5.41) is 5.72. The Morgan fingerprint density at radius 3 is 2.40 bits per heavy atom. The number of benzene rings is 1. The van der Waals surface area contributed by atoms with E-state index in [0.717, 1.165) is 0 Å². The predicted octanol–water partition coefficient (Wildman–Crippen LogP) is 3.62. The summed E-state index contributed by atoms with van der Waals surface area (Å²) >= 11 is 12.0. The highest BCUT2D eigenvalue weighted by molar-refractivity contribution is 6.40. The number of amides is 2. The Morgan fingerprint density at radius 2 is 1.72 bits per heavy atom. The van der Waals surface area contributed by atoms with Crippen LogP contribution in [0, 0.1) is 0 Å². The lowest BCUT2D eigenvalue weighted by Crippen LogP contribution is -2.16. The normalized spacial score (nSPS) is 10.3. The van der Waals surface area contributed by atoms with Gasteiger partial charge in [-0.1, -0.05) is 29.3 Å². The zero-order chi connectivity index (χ0) is 17.8. The van der Waals surface area contributed by atoms with Gasteiger partial charge in [0.25, 0.3) is 11.8 Å². The second kappa shape index (κ2) is 7.33. The quantitative estimate of drug-likeness (QED) is 0.648. The summed E-state index contributed by atoms with van der Waals surface area (Å²) in [4.78, 5) is 34.9. The Balaban J connectivity index is 1.76. The molecule has 1 aromatic carbocycles. The third kappa shape index (κ3) is 3.96. The zero-order valence-corrected chi connectivity index (χ0v) is 14.1. The number of imidazole rings is 1. The Labute approximate surface area is 152 Å². The van der Waals surface area contributed by atoms with E-state index in [2.05, 4.69) is 25.6 Å². The first-order valence-electron chi connectivity index (χ1n) is 7.07. The molecule has 3 aromatic rings. The Kier molecular flexibility index (Phi) is 4.97. The molecule has 0 radical (unpaired) electrons. The van der Waals surface area contributed by atoms with Gasteiger partial charge in [-0.25, -0.2) is 9.97 Å². The summed E-state index contributed by atoms with van der Waals surface area (Å²) < 4.78 is 0. The van der Waals surface area contributed by atoms with Crippen LogP contribution in [0.2, 0.25) is 10.0 Å². The average molecular weight is 376 g/mol. The lowest BCUT2D eigenvalue weighted by Gasteiger charge is -2.09. The van der Waals surface area contributed by atoms with Crippen molar-refractivity contribution in [2.45, 2.75) is 0 Å². The molecule has 9 heteroatoms. The molecular formula is C16H11Cl2N5O2. The SMILES string of the molecule is O=C(Nc1cc(NC(=O)c2c(Cl)cccc2Cl)ccn1)c1ncc[nH]1. The molecule has 0 unspecified atom stereocenters. The molecule has 0 spiro atoms. The van der Waals surface area contributed by atoms with Gasteiger partial charge in [0, 0.05) is 30.3 Å². The first-order chi connectivity index (χ1) is 12.0. The Hall–Kier alpha value is -2.90. The van der Waals surface area contributed by atoms with Crippen LogP contribution in [0.15, 0.2) is 48.9 Å². The highest BCUT2D eigenvalue weighted by Gasteiger charge is 2.15. The van der Waals surface area contributed by atoms with Crippen LogP contribution in [0.25, 0.3) is 0 Å². The van der Waals surface area contributed by atoms with E-state index in [0.29, 0.717) is 5.69 Å². The van der Waals surface area contributed by atoms with E-state index in [1.54, 1.807) is 24.3 Å². The fourth-order valence-corrected chi connectivity index (χ4v) is 2.62. The molecule has 0 saturated heterocycles. The molecule has 25 heavy (non-hydrogen) atoms. The summed E-state index contributed by atoms with van der Waals surface area (Å²) in [6, 6.07) is 7.87. The summed E-state index contributed by atoms with van der Waals surface area (Å²) in [6.45, 7) is 0. The van der Waals surface area contributed by atoms with E-state index >= 15 is 0 Å². The van der Waals surface area contributed by atoms with E-state index in [9.17, 15) is 9.59 Å². The number of hydrogen-bond acceptors (Lipinski definition) is 4. The number of H-pyrrole nitrogens is 1. The molecule has 0 atom stereocenters. The van der Waals surface area contributed by atoms with Crippen LogP contribution < -0.4 is 10.6 Å². The number of pyridine rings is 1. The molecule has 3 N–H and O–H groups in total. The molecule has 0 fully saturated rings. The van der Waals surface area contributed by atoms with E-state index in [1.165, 1.54) is 24.7 Å². The maximum Gasteiger partial charge on any atom is 0.292 e. The smallest absolute Gasteiger partial charge is 0.292 e. The maximum absolute atomic E-state index is 12.4. The standard InChI is InChI=1S/C16H11Cl2N5O2/c17-10-2-1-3-11(18)13(10)15(24)22-9-4-5-19-12(8-9)23-16(25)14-20-6-7-21-14/h1-8H,(H,20,21)(H2,19,22,23,24,25). The van der Waals surface area contributed by atoms with E-state index < -0.39 is 11.8 Å². The number of aromatic nitrogens is 3. The average Bonchev–Trinajstić information content (AvgIpc) is 3.09. The van der Waals surface area contributed by atoms with Gasteiger partial charge >= 0.3 is 0 Å². The lowest BCUT2D eigenvalue weighted by molar-refractivity contribution is 0.101. The molecule has 126 valence electrons. The zero-order valence-electron chi connectivity index (χ0n) is 12.6. The number of hydrogen-bond donors (Lipinski definition) is 3. The maximum atomic E-state index is 12.4. The highest BCUT2D eigenvalue weighted by Crippen LogP contribution is 2.25. The van der Waals surface area contributed by atoms with Gasteiger partial charge < -0.3 is 15.6 Å². The topological polar surface area (TPSA) is 99.8 Å². The number of halogens is 2. The van der Waals surface area contributed by atoms with Crippen LogP contribution in [0.3, 0.4) is 0 Å². The van der Waals surface area contributed by atoms with Gasteiger partial charge in [0.1, 0.15) is 5.82 Å². The van der Waals surface area contributed by atoms with Crippen molar-refractivity contribution in [3.63, 3.8) is 0 Å². The molecule has 0 aliphatic carbocycles. The molecule has 0 aliphatic rings. The highest BCUT2D eigenvalue weighted by atomic mass is 35.5. The van der Waals surface area contributed by atoms with Crippen LogP contribution in [0.5, 0.6) is 0 Å². The van der Waals surface area contributed by atoms with Gasteiger partial charge in [0.05, 0.1) is 15.6 Å². The fraction of sp³-hybridized carbons (Fsp3) is 0. The van der Waals surface area contributed by atoms with E-state index in [4.69, 9.17) is 23.2 Å². The monoisotopic (exact) mass is 375 g/mol. The minimum atomic E-state index is -0.467. The molecule has 0 bridgehead atoms. The number of rotatable bonds is 4. The van der Waals surface area contributed by atoms with Crippen molar-refractivity contribution in [1.29, 1.82) is 0 Å². The van der Waals surface area contributed by atoms with Crippen LogP contribution in [-0.2, 0) is 0 Å². The van der Waals surface area contributed by atoms with Crippen LogP contribution >= 0.6 is 23.2 Å². The third-order valence-corrected chi connectivity index (χ3v) is 3.79. The van der Waals surface area contributed by atoms with Crippen molar-refractivity contribution < 1.29 is 9.59 Å². The first kappa shape index (κ1) is 16.9. The number of carbonyl (C=O) groups is 2. The molecule has 0 aliphatic heterocycles. The number of aromatic amines is 1. The van der Waals surface area contributed by atoms with Crippen LogP contribution in [0.1, 0.15) is 21.0 Å². The van der Waals surface area contributed by atoms with Gasteiger partial charge in [-0.15, -0.1) is 0 Å². The summed E-state index contributed by atoms with van der Waals surface area (Å²) in [6.07, 6.45) is 4.44. The second-order valence-electron chi connectivity index (χ2n) is 4.87. The lowest BCUT2D eigenvalue weighted by atomic mass is 10.2. The van der Waals surface area contributed by atoms with Crippen molar-refractivity contribution >= 4 is 46.5 Å². The number of nitrogens with zero attached hydrogens (tertiary/aromatic N) is 2. The largest absolute Gasteiger partial charge is 0.341 e. The van der Waals surface area contributed by atoms with Crippen molar-refractivity contribution in [3.8, 4) is 0 Å². The minimum Gasteiger partial charge on any atom is -0.341 e. The second-order valence-corrected chi connectivity index (χ2v) is 5.69. The molecular weight excluding hydrogens is 365 g/mol. The molecule has 2 amide bonds. The summed E-state index contributed by atoms with van der Waals surface area (Å²) in [5.74, 6) is -0.510. The van der Waals surface area contributed by atoms with Crippen molar-refractivity contribution in [1.82, 2.24) is 15.0 Å². The Bertz CT molecular complexity index is 908. The van der Waals surface area contributed by atoms with Gasteiger partial charge in [-0.2, -0.15) is 0 Å². The van der Waals surface area contributed by atoms with Gasteiger partial charge in [-0.3, -0.25) is 9.59 Å². The molecule has 0 saturated carbocycles. The molecule has 2 heterocycles. The van der Waals surface area contributed by atoms with Gasteiger partial charge in [0.2, 0.25) is 0 Å². The van der Waals surface area contributed by atoms with Crippen LogP contribution in [-0.4, -0.2) is 26.8 Å². The predicted molar refractivity (Wildman–Crippen MR) is 95.2 cm³/mol. The van der Waals surface area contributed by atoms with Crippen molar-refractivity contribution in [3.05, 3.63) is 70.4 Å². The van der Waals surface area contributed by atoms with Crippen molar-refractivity contribution in [2.75, 3.05) is 10.6 Å². The van der Waals surface area contributed by atoms with Crippen LogP contribution in [0.4, 0.5) is 11.5 Å². The Morgan fingerprint density at radius 1 is 0.960 bits per heavy atom. The summed E-state index contributed by atoms with van der Waals surface area (Å²) in [7, 11) is 0. The number of carbonyl (C=O) groups excluding carboxylic acids is 2. The minimum absolute atomic E-state index is 0.152. The fourth-order valence-electron chi connectivity index (χ4n) is 2.05. The molecule has 3 rings (SSSR count). The van der Waals surface area contributed by atoms with Gasteiger partial charge in [0.15, 0.2) is 5.82 Å². The van der Waals surface area contributed by atoms with E-state index in [-0.39, 0.29) is 27.3 Å².